The Bertz CT molecular complexity index is 1020. The molecule has 4 rings (SSSR count). The van der Waals surface area contributed by atoms with Gasteiger partial charge >= 0.3 is 0 Å². The molecule has 0 aliphatic carbocycles. The fraction of sp³-hybridized carbons (Fsp3) is 0.261. The van der Waals surface area contributed by atoms with Gasteiger partial charge < -0.3 is 10.2 Å². The van der Waals surface area contributed by atoms with Crippen molar-refractivity contribution in [2.45, 2.75) is 26.2 Å². The SMILES string of the molecule is Cc1ccc(-c2nc(C(=O)Nc3ccccc3C(=O)N3CCCCC3)cs2)cc1. The summed E-state index contributed by atoms with van der Waals surface area (Å²) in [6.45, 7) is 3.58. The van der Waals surface area contributed by atoms with Crippen molar-refractivity contribution in [2.24, 2.45) is 0 Å². The second-order valence-corrected chi connectivity index (χ2v) is 8.11. The smallest absolute Gasteiger partial charge is 0.275 e. The number of piperidine rings is 1. The fourth-order valence-corrected chi connectivity index (χ4v) is 4.25. The molecule has 1 fully saturated rings. The lowest BCUT2D eigenvalue weighted by Crippen LogP contribution is -2.36. The maximum absolute atomic E-state index is 12.9. The van der Waals surface area contributed by atoms with Gasteiger partial charge in [0.15, 0.2) is 0 Å². The van der Waals surface area contributed by atoms with E-state index in [1.165, 1.54) is 16.9 Å². The number of nitrogens with zero attached hydrogens (tertiary/aromatic N) is 2. The molecule has 1 N–H and O–H groups in total. The molecule has 0 saturated carbocycles. The van der Waals surface area contributed by atoms with Gasteiger partial charge in [-0.05, 0) is 38.3 Å². The van der Waals surface area contributed by atoms with E-state index in [1.54, 1.807) is 17.5 Å². The maximum atomic E-state index is 12.9. The average Bonchev–Trinajstić information content (AvgIpc) is 3.25. The first kappa shape index (κ1) is 19.3. The van der Waals surface area contributed by atoms with Gasteiger partial charge in [0, 0.05) is 24.0 Å². The van der Waals surface area contributed by atoms with Crippen molar-refractivity contribution in [2.75, 3.05) is 18.4 Å². The molecule has 1 aliphatic heterocycles. The van der Waals surface area contributed by atoms with E-state index in [0.717, 1.165) is 42.9 Å². The van der Waals surface area contributed by atoms with Crippen LogP contribution in [0.1, 0.15) is 45.7 Å². The predicted molar refractivity (Wildman–Crippen MR) is 116 cm³/mol. The Kier molecular flexibility index (Phi) is 5.71. The molecule has 2 amide bonds. The van der Waals surface area contributed by atoms with Gasteiger partial charge in [-0.25, -0.2) is 4.98 Å². The van der Waals surface area contributed by atoms with Crippen LogP contribution in [0.15, 0.2) is 53.9 Å². The van der Waals surface area contributed by atoms with E-state index < -0.39 is 0 Å². The monoisotopic (exact) mass is 405 g/mol. The zero-order valence-electron chi connectivity index (χ0n) is 16.4. The minimum Gasteiger partial charge on any atom is -0.339 e. The normalized spacial score (nSPS) is 13.9. The standard InChI is InChI=1S/C23H23N3O2S/c1-16-9-11-17(12-10-16)22-25-20(15-29-22)21(27)24-19-8-4-3-7-18(19)23(28)26-13-5-2-6-14-26/h3-4,7-12,15H,2,5-6,13-14H2,1H3,(H,24,27). The highest BCUT2D eigenvalue weighted by Gasteiger charge is 2.22. The average molecular weight is 406 g/mol. The number of benzene rings is 2. The second-order valence-electron chi connectivity index (χ2n) is 7.26. The number of hydrogen-bond donors (Lipinski definition) is 1. The highest BCUT2D eigenvalue weighted by atomic mass is 32.1. The molecule has 0 radical (unpaired) electrons. The van der Waals surface area contributed by atoms with Crippen LogP contribution in [0.3, 0.4) is 0 Å². The van der Waals surface area contributed by atoms with Crippen LogP contribution in [0.5, 0.6) is 0 Å². The molecule has 3 aromatic rings. The van der Waals surface area contributed by atoms with Gasteiger partial charge in [-0.1, -0.05) is 42.0 Å². The van der Waals surface area contributed by atoms with Crippen LogP contribution in [0.25, 0.3) is 10.6 Å². The van der Waals surface area contributed by atoms with E-state index >= 15 is 0 Å². The fourth-order valence-electron chi connectivity index (χ4n) is 3.44. The van der Waals surface area contributed by atoms with Crippen LogP contribution < -0.4 is 5.32 Å². The van der Waals surface area contributed by atoms with Gasteiger partial charge in [-0.2, -0.15) is 0 Å². The molecule has 5 nitrogen and oxygen atoms in total. The molecule has 1 aromatic heterocycles. The molecule has 0 atom stereocenters. The molecule has 148 valence electrons. The number of aromatic nitrogens is 1. The number of nitrogens with one attached hydrogen (secondary N) is 1. The van der Waals surface area contributed by atoms with Gasteiger partial charge in [0.05, 0.1) is 11.3 Å². The number of carbonyl (C=O) groups is 2. The molecule has 29 heavy (non-hydrogen) atoms. The Morgan fingerprint density at radius 2 is 1.72 bits per heavy atom. The highest BCUT2D eigenvalue weighted by molar-refractivity contribution is 7.13. The van der Waals surface area contributed by atoms with Gasteiger partial charge in [-0.15, -0.1) is 11.3 Å². The van der Waals surface area contributed by atoms with E-state index in [2.05, 4.69) is 10.3 Å². The minimum absolute atomic E-state index is 0.0285. The number of hydrogen-bond acceptors (Lipinski definition) is 4. The zero-order chi connectivity index (χ0) is 20.2. The maximum Gasteiger partial charge on any atom is 0.275 e. The van der Waals surface area contributed by atoms with Crippen LogP contribution in [0.4, 0.5) is 5.69 Å². The highest BCUT2D eigenvalue weighted by Crippen LogP contribution is 2.25. The first-order valence-corrected chi connectivity index (χ1v) is 10.7. The Hall–Kier alpha value is -2.99. The van der Waals surface area contributed by atoms with Crippen molar-refractivity contribution in [3.05, 3.63) is 70.7 Å². The van der Waals surface area contributed by atoms with Gasteiger partial charge in [-0.3, -0.25) is 9.59 Å². The third-order valence-corrected chi connectivity index (χ3v) is 5.98. The van der Waals surface area contributed by atoms with Gasteiger partial charge in [0.2, 0.25) is 0 Å². The van der Waals surface area contributed by atoms with E-state index in [1.807, 2.05) is 48.2 Å². The van der Waals surface area contributed by atoms with Gasteiger partial charge in [0.25, 0.3) is 11.8 Å². The number of aryl methyl sites for hydroxylation is 1. The lowest BCUT2D eigenvalue weighted by molar-refractivity contribution is 0.0725. The van der Waals surface area contributed by atoms with Crippen molar-refractivity contribution in [1.29, 1.82) is 0 Å². The van der Waals surface area contributed by atoms with Crippen molar-refractivity contribution in [3.63, 3.8) is 0 Å². The summed E-state index contributed by atoms with van der Waals surface area (Å²) in [5.41, 5.74) is 3.57. The number of para-hydroxylation sites is 1. The Labute approximate surface area is 174 Å². The number of likely N-dealkylation sites (tertiary alicyclic amines) is 1. The third kappa shape index (κ3) is 4.38. The first-order valence-electron chi connectivity index (χ1n) is 9.84. The third-order valence-electron chi connectivity index (χ3n) is 5.08. The lowest BCUT2D eigenvalue weighted by Gasteiger charge is -2.27. The zero-order valence-corrected chi connectivity index (χ0v) is 17.2. The molecule has 2 heterocycles. The summed E-state index contributed by atoms with van der Waals surface area (Å²) in [6.07, 6.45) is 3.22. The summed E-state index contributed by atoms with van der Waals surface area (Å²) in [6, 6.07) is 15.2. The van der Waals surface area contributed by atoms with Crippen LogP contribution in [-0.4, -0.2) is 34.8 Å². The summed E-state index contributed by atoms with van der Waals surface area (Å²) in [5.74, 6) is -0.335. The van der Waals surface area contributed by atoms with Crippen molar-refractivity contribution >= 4 is 28.8 Å². The van der Waals surface area contributed by atoms with E-state index in [4.69, 9.17) is 0 Å². The molecule has 0 bridgehead atoms. The summed E-state index contributed by atoms with van der Waals surface area (Å²) in [4.78, 5) is 32.0. The van der Waals surface area contributed by atoms with E-state index in [9.17, 15) is 9.59 Å². The van der Waals surface area contributed by atoms with Crippen LogP contribution in [0, 0.1) is 6.92 Å². The van der Waals surface area contributed by atoms with Crippen molar-refractivity contribution in [3.8, 4) is 10.6 Å². The van der Waals surface area contributed by atoms with Crippen LogP contribution in [-0.2, 0) is 0 Å². The Morgan fingerprint density at radius 3 is 2.48 bits per heavy atom. The lowest BCUT2D eigenvalue weighted by atomic mass is 10.1. The molecule has 0 spiro atoms. The summed E-state index contributed by atoms with van der Waals surface area (Å²) >= 11 is 1.43. The molecule has 1 saturated heterocycles. The minimum atomic E-state index is -0.307. The van der Waals surface area contributed by atoms with Crippen molar-refractivity contribution < 1.29 is 9.59 Å². The number of thiazole rings is 1. The Balaban J connectivity index is 1.52. The van der Waals surface area contributed by atoms with E-state index in [0.29, 0.717) is 16.9 Å². The topological polar surface area (TPSA) is 62.3 Å². The predicted octanol–water partition coefficient (Wildman–Crippen LogP) is 5.00. The largest absolute Gasteiger partial charge is 0.339 e. The number of amides is 2. The molecular weight excluding hydrogens is 382 g/mol. The van der Waals surface area contributed by atoms with E-state index in [-0.39, 0.29) is 11.8 Å². The van der Waals surface area contributed by atoms with Gasteiger partial charge in [0.1, 0.15) is 10.7 Å². The second kappa shape index (κ2) is 8.57. The molecule has 1 aliphatic rings. The molecule has 0 unspecified atom stereocenters. The molecule has 6 heteroatoms. The molecular formula is C23H23N3O2S. The van der Waals surface area contributed by atoms with Crippen molar-refractivity contribution in [1.82, 2.24) is 9.88 Å². The number of carbonyl (C=O) groups excluding carboxylic acids is 2. The number of anilines is 1. The first-order chi connectivity index (χ1) is 14.1. The number of rotatable bonds is 4. The van der Waals surface area contributed by atoms with Crippen LogP contribution in [0.2, 0.25) is 0 Å². The molecule has 2 aromatic carbocycles. The summed E-state index contributed by atoms with van der Waals surface area (Å²) in [5, 5.41) is 5.43. The summed E-state index contributed by atoms with van der Waals surface area (Å²) in [7, 11) is 0. The summed E-state index contributed by atoms with van der Waals surface area (Å²) < 4.78 is 0. The quantitative estimate of drug-likeness (QED) is 0.665. The Morgan fingerprint density at radius 1 is 1.00 bits per heavy atom. The van der Waals surface area contributed by atoms with Crippen LogP contribution >= 0.6 is 11.3 Å².